The number of ether oxygens (including phenoxy) is 1. The zero-order valence-corrected chi connectivity index (χ0v) is 16.4. The molecule has 1 aliphatic rings. The van der Waals surface area contributed by atoms with Gasteiger partial charge in [-0.05, 0) is 24.1 Å². The molecular weight excluding hydrogens is 461 g/mol. The van der Waals surface area contributed by atoms with Crippen molar-refractivity contribution in [2.45, 2.75) is 19.0 Å². The van der Waals surface area contributed by atoms with Crippen molar-refractivity contribution in [2.24, 2.45) is 5.92 Å². The first-order valence-corrected chi connectivity index (χ1v) is 9.54. The van der Waals surface area contributed by atoms with Gasteiger partial charge in [0.1, 0.15) is 11.7 Å². The maximum absolute atomic E-state index is 14.8. The number of carbonyl (C=O) groups is 1. The Kier molecular flexibility index (Phi) is 4.52. The first-order valence-electron chi connectivity index (χ1n) is 9.17. The van der Waals surface area contributed by atoms with Gasteiger partial charge in [0.25, 0.3) is 0 Å². The number of rotatable bonds is 4. The summed E-state index contributed by atoms with van der Waals surface area (Å²) >= 11 is 6.10. The number of halogens is 6. The predicted molar refractivity (Wildman–Crippen MR) is 104 cm³/mol. The summed E-state index contributed by atoms with van der Waals surface area (Å²) in [6.07, 6.45) is -3.42. The van der Waals surface area contributed by atoms with Gasteiger partial charge in [0, 0.05) is 23.2 Å². The van der Waals surface area contributed by atoms with E-state index in [-0.39, 0.29) is 28.7 Å². The van der Waals surface area contributed by atoms with E-state index >= 15 is 0 Å². The fraction of sp³-hybridized carbons (Fsp3) is 0.211. The van der Waals surface area contributed by atoms with Crippen molar-refractivity contribution >= 4 is 39.7 Å². The van der Waals surface area contributed by atoms with Crippen LogP contribution in [0.2, 0.25) is 5.02 Å². The third-order valence-corrected chi connectivity index (χ3v) is 5.37. The average molecular weight is 472 g/mol. The molecule has 0 spiro atoms. The van der Waals surface area contributed by atoms with E-state index < -0.39 is 40.9 Å². The summed E-state index contributed by atoms with van der Waals surface area (Å²) in [7, 11) is 0. The zero-order valence-electron chi connectivity index (χ0n) is 15.7. The molecular formula is C19H11ClF5N5O2. The molecule has 166 valence electrons. The number of amides is 1. The van der Waals surface area contributed by atoms with Crippen LogP contribution in [0.4, 0.5) is 27.8 Å². The third-order valence-electron chi connectivity index (χ3n) is 5.02. The Morgan fingerprint density at radius 2 is 2.09 bits per heavy atom. The highest BCUT2D eigenvalue weighted by Gasteiger charge is 2.43. The van der Waals surface area contributed by atoms with Crippen molar-refractivity contribution in [3.8, 4) is 16.9 Å². The smallest absolute Gasteiger partial charge is 0.400 e. The zero-order chi connectivity index (χ0) is 22.8. The summed E-state index contributed by atoms with van der Waals surface area (Å²) in [4.78, 5) is 11.9. The summed E-state index contributed by atoms with van der Waals surface area (Å²) < 4.78 is 71.2. The van der Waals surface area contributed by atoms with Crippen molar-refractivity contribution in [1.29, 1.82) is 0 Å². The molecule has 5 rings (SSSR count). The average Bonchev–Trinajstić information content (AvgIpc) is 3.10. The van der Waals surface area contributed by atoms with E-state index in [0.29, 0.717) is 11.1 Å². The largest absolute Gasteiger partial charge is 0.573 e. The topological polar surface area (TPSA) is 84.3 Å². The van der Waals surface area contributed by atoms with E-state index in [1.165, 1.54) is 29.0 Å². The second-order valence-electron chi connectivity index (χ2n) is 7.20. The van der Waals surface area contributed by atoms with Gasteiger partial charge in [-0.15, -0.1) is 13.2 Å². The van der Waals surface area contributed by atoms with E-state index in [0.717, 1.165) is 0 Å². The lowest BCUT2D eigenvalue weighted by Crippen LogP contribution is -2.18. The minimum Gasteiger partial charge on any atom is -0.400 e. The molecule has 0 bridgehead atoms. The molecule has 1 amide bonds. The van der Waals surface area contributed by atoms with Gasteiger partial charge < -0.3 is 10.1 Å². The van der Waals surface area contributed by atoms with Crippen molar-refractivity contribution in [3.63, 3.8) is 0 Å². The molecule has 2 N–H and O–H groups in total. The molecule has 13 heteroatoms. The summed E-state index contributed by atoms with van der Waals surface area (Å²) in [5, 5.41) is 12.2. The standard InChI is InChI=1S/C19H11ClF5N5O2/c20-14-13(10-6-26-28-16(10)17(15(14)22)32-19(23,24)25)7-1-2-30-8(3-7)4-12(29-30)27-18(31)9-5-11(9)21/h1-4,6,9,11H,5H2,(H,26,28)(H,27,29,31)/t9-,11+/m1/s1. The Morgan fingerprint density at radius 1 is 1.34 bits per heavy atom. The SMILES string of the molecule is O=C(Nc1cc2cc(-c3c(Cl)c(F)c(OC(F)(F)F)c4[nH]ncc34)ccn2n1)[C@@H]1C[C@@H]1F. The van der Waals surface area contributed by atoms with Gasteiger partial charge in [0.2, 0.25) is 5.91 Å². The molecule has 3 aromatic heterocycles. The van der Waals surface area contributed by atoms with E-state index in [1.807, 2.05) is 0 Å². The number of benzene rings is 1. The van der Waals surface area contributed by atoms with Crippen LogP contribution in [0.5, 0.6) is 5.75 Å². The Balaban J connectivity index is 1.57. The number of aromatic nitrogens is 4. The molecule has 0 radical (unpaired) electrons. The molecule has 32 heavy (non-hydrogen) atoms. The Morgan fingerprint density at radius 3 is 2.78 bits per heavy atom. The molecule has 3 heterocycles. The highest BCUT2D eigenvalue weighted by molar-refractivity contribution is 6.35. The minimum absolute atomic E-state index is 0.0926. The normalized spacial score (nSPS) is 18.3. The molecule has 2 atom stereocenters. The van der Waals surface area contributed by atoms with Crippen molar-refractivity contribution in [1.82, 2.24) is 19.8 Å². The van der Waals surface area contributed by atoms with Gasteiger partial charge in [-0.25, -0.2) is 13.3 Å². The van der Waals surface area contributed by atoms with Gasteiger partial charge in [-0.2, -0.15) is 10.2 Å². The fourth-order valence-electron chi connectivity index (χ4n) is 3.45. The summed E-state index contributed by atoms with van der Waals surface area (Å²) in [5.74, 6) is -3.50. The van der Waals surface area contributed by atoms with Crippen molar-refractivity contribution < 1.29 is 31.5 Å². The number of aromatic amines is 1. The summed E-state index contributed by atoms with van der Waals surface area (Å²) in [5.41, 5.74) is 0.602. The summed E-state index contributed by atoms with van der Waals surface area (Å²) in [6.45, 7) is 0. The Bertz CT molecular complexity index is 1380. The molecule has 7 nitrogen and oxygen atoms in total. The Hall–Kier alpha value is -3.41. The number of carbonyl (C=O) groups excluding carboxylic acids is 1. The van der Waals surface area contributed by atoms with Crippen LogP contribution in [0.3, 0.4) is 0 Å². The van der Waals surface area contributed by atoms with Crippen LogP contribution in [-0.4, -0.2) is 38.3 Å². The minimum atomic E-state index is -5.14. The van der Waals surface area contributed by atoms with Crippen LogP contribution in [0.1, 0.15) is 6.42 Å². The van der Waals surface area contributed by atoms with Crippen LogP contribution in [0.15, 0.2) is 30.6 Å². The van der Waals surface area contributed by atoms with Crippen LogP contribution in [-0.2, 0) is 4.79 Å². The fourth-order valence-corrected chi connectivity index (χ4v) is 3.74. The molecule has 0 unspecified atom stereocenters. The highest BCUT2D eigenvalue weighted by atomic mass is 35.5. The second-order valence-corrected chi connectivity index (χ2v) is 7.58. The van der Waals surface area contributed by atoms with Crippen LogP contribution >= 0.6 is 11.6 Å². The first kappa shape index (κ1) is 20.5. The monoisotopic (exact) mass is 471 g/mol. The number of hydrogen-bond acceptors (Lipinski definition) is 4. The summed E-state index contributed by atoms with van der Waals surface area (Å²) in [6, 6.07) is 4.57. The van der Waals surface area contributed by atoms with Gasteiger partial charge in [-0.1, -0.05) is 11.6 Å². The van der Waals surface area contributed by atoms with Crippen LogP contribution < -0.4 is 10.1 Å². The molecule has 0 saturated heterocycles. The van der Waals surface area contributed by atoms with E-state index in [4.69, 9.17) is 11.6 Å². The molecule has 0 aliphatic heterocycles. The van der Waals surface area contributed by atoms with Crippen LogP contribution in [0.25, 0.3) is 27.5 Å². The number of nitrogens with one attached hydrogen (secondary N) is 2. The first-order chi connectivity index (χ1) is 15.1. The molecule has 1 aromatic carbocycles. The molecule has 1 saturated carbocycles. The molecule has 4 aromatic rings. The third kappa shape index (κ3) is 3.49. The van der Waals surface area contributed by atoms with Crippen molar-refractivity contribution in [2.75, 3.05) is 5.32 Å². The Labute approximate surface area is 180 Å². The molecule has 1 fully saturated rings. The van der Waals surface area contributed by atoms with Crippen LogP contribution in [0, 0.1) is 11.7 Å². The van der Waals surface area contributed by atoms with Gasteiger partial charge in [-0.3, -0.25) is 9.89 Å². The number of alkyl halides is 4. The second kappa shape index (κ2) is 7.05. The maximum atomic E-state index is 14.8. The maximum Gasteiger partial charge on any atom is 0.573 e. The number of nitrogens with zero attached hydrogens (tertiary/aromatic N) is 3. The van der Waals surface area contributed by atoms with Gasteiger partial charge >= 0.3 is 6.36 Å². The molecule has 1 aliphatic carbocycles. The van der Waals surface area contributed by atoms with E-state index in [9.17, 15) is 26.7 Å². The lowest BCUT2D eigenvalue weighted by atomic mass is 10.0. The van der Waals surface area contributed by atoms with E-state index in [1.54, 1.807) is 6.07 Å². The van der Waals surface area contributed by atoms with Crippen molar-refractivity contribution in [3.05, 3.63) is 41.4 Å². The number of pyridine rings is 1. The van der Waals surface area contributed by atoms with Gasteiger partial charge in [0.05, 0.1) is 22.7 Å². The van der Waals surface area contributed by atoms with Gasteiger partial charge in [0.15, 0.2) is 17.4 Å². The number of fused-ring (bicyclic) bond motifs is 2. The van der Waals surface area contributed by atoms with E-state index in [2.05, 4.69) is 25.3 Å². The quantitative estimate of drug-likeness (QED) is 0.416. The lowest BCUT2D eigenvalue weighted by Gasteiger charge is -2.14. The predicted octanol–water partition coefficient (Wildman–Crippen LogP) is 4.87. The lowest BCUT2D eigenvalue weighted by molar-refractivity contribution is -0.275. The highest BCUT2D eigenvalue weighted by Crippen LogP contribution is 2.44. The number of H-pyrrole nitrogens is 1. The number of hydrogen-bond donors (Lipinski definition) is 2. The number of anilines is 1.